The van der Waals surface area contributed by atoms with Crippen molar-refractivity contribution in [3.63, 3.8) is 0 Å². The minimum absolute atomic E-state index is 0.713. The van der Waals surface area contributed by atoms with Crippen LogP contribution in [0.4, 0.5) is 0 Å². The van der Waals surface area contributed by atoms with Crippen LogP contribution in [0.5, 0.6) is 5.88 Å². The molecule has 0 N–H and O–H groups in total. The van der Waals surface area contributed by atoms with Crippen molar-refractivity contribution in [2.24, 2.45) is 0 Å². The number of aromatic nitrogens is 3. The third kappa shape index (κ3) is 1.24. The van der Waals surface area contributed by atoms with Crippen molar-refractivity contribution in [3.8, 4) is 5.88 Å². The quantitative estimate of drug-likeness (QED) is 0.694. The topological polar surface area (TPSA) is 39.4 Å². The first-order valence-electron chi connectivity index (χ1n) is 4.24. The first kappa shape index (κ1) is 8.04. The van der Waals surface area contributed by atoms with Gasteiger partial charge in [-0.1, -0.05) is 13.0 Å². The number of methoxy groups -OCH3 is 1. The van der Waals surface area contributed by atoms with Gasteiger partial charge < -0.3 is 4.74 Å². The Balaban J connectivity index is 2.67. The van der Waals surface area contributed by atoms with E-state index in [4.69, 9.17) is 4.74 Å². The van der Waals surface area contributed by atoms with Gasteiger partial charge in [-0.3, -0.25) is 0 Å². The van der Waals surface area contributed by atoms with E-state index in [0.717, 1.165) is 17.9 Å². The number of pyridine rings is 1. The van der Waals surface area contributed by atoms with Crippen molar-refractivity contribution >= 4 is 5.65 Å². The lowest BCUT2D eigenvalue weighted by atomic mass is 10.4. The summed E-state index contributed by atoms with van der Waals surface area (Å²) in [6.07, 6.45) is 0.838. The van der Waals surface area contributed by atoms with Gasteiger partial charge in [-0.2, -0.15) is 4.52 Å². The molecule has 2 aromatic rings. The van der Waals surface area contributed by atoms with Crippen LogP contribution in [0.3, 0.4) is 0 Å². The summed E-state index contributed by atoms with van der Waals surface area (Å²) in [6.45, 7) is 2.03. The average molecular weight is 177 g/mol. The predicted octanol–water partition coefficient (Wildman–Crippen LogP) is 1.30. The van der Waals surface area contributed by atoms with Crippen molar-refractivity contribution in [3.05, 3.63) is 24.0 Å². The summed E-state index contributed by atoms with van der Waals surface area (Å²) in [5.74, 6) is 1.55. The van der Waals surface area contributed by atoms with Crippen LogP contribution in [0.25, 0.3) is 5.65 Å². The minimum atomic E-state index is 0.713. The Morgan fingerprint density at radius 1 is 1.46 bits per heavy atom. The predicted molar refractivity (Wildman–Crippen MR) is 48.9 cm³/mol. The van der Waals surface area contributed by atoms with Crippen molar-refractivity contribution in [1.29, 1.82) is 0 Å². The molecule has 0 saturated heterocycles. The summed E-state index contributed by atoms with van der Waals surface area (Å²) in [7, 11) is 1.63. The number of ether oxygens (including phenoxy) is 1. The lowest BCUT2D eigenvalue weighted by molar-refractivity contribution is 0.385. The fourth-order valence-corrected chi connectivity index (χ4v) is 1.23. The zero-order chi connectivity index (χ0) is 9.26. The van der Waals surface area contributed by atoms with E-state index >= 15 is 0 Å². The van der Waals surface area contributed by atoms with Crippen LogP contribution >= 0.6 is 0 Å². The number of rotatable bonds is 2. The van der Waals surface area contributed by atoms with Gasteiger partial charge in [0.25, 0.3) is 0 Å². The average Bonchev–Trinajstić information content (AvgIpc) is 2.59. The second-order valence-corrected chi connectivity index (χ2v) is 2.72. The molecule has 0 aliphatic carbocycles. The molecule has 4 heteroatoms. The Kier molecular flexibility index (Phi) is 1.88. The molecule has 0 saturated carbocycles. The molecule has 2 heterocycles. The van der Waals surface area contributed by atoms with Gasteiger partial charge in [-0.05, 0) is 6.07 Å². The van der Waals surface area contributed by atoms with E-state index in [1.165, 1.54) is 0 Å². The summed E-state index contributed by atoms with van der Waals surface area (Å²) in [5.41, 5.74) is 0.830. The maximum atomic E-state index is 5.15. The molecule has 0 aliphatic rings. The van der Waals surface area contributed by atoms with E-state index in [2.05, 4.69) is 10.1 Å². The third-order valence-electron chi connectivity index (χ3n) is 1.89. The standard InChI is InChI=1S/C9H11N3O/c1-3-7-10-8-5-4-6-9(13-2)12(8)11-7/h4-6H,3H2,1-2H3. The number of aryl methyl sites for hydroxylation is 1. The Bertz CT molecular complexity index is 422. The SMILES string of the molecule is CCc1nc2cccc(OC)n2n1. The molecule has 0 aliphatic heterocycles. The minimum Gasteiger partial charge on any atom is -0.481 e. The van der Waals surface area contributed by atoms with Crippen LogP contribution in [-0.2, 0) is 6.42 Å². The number of nitrogens with zero attached hydrogens (tertiary/aromatic N) is 3. The number of hydrogen-bond acceptors (Lipinski definition) is 3. The van der Waals surface area contributed by atoms with Gasteiger partial charge in [0.15, 0.2) is 11.5 Å². The van der Waals surface area contributed by atoms with Crippen molar-refractivity contribution in [2.75, 3.05) is 7.11 Å². The van der Waals surface area contributed by atoms with E-state index in [-0.39, 0.29) is 0 Å². The largest absolute Gasteiger partial charge is 0.481 e. The highest BCUT2D eigenvalue weighted by atomic mass is 16.5. The molecular weight excluding hydrogens is 166 g/mol. The lowest BCUT2D eigenvalue weighted by Crippen LogP contribution is -1.95. The molecule has 4 nitrogen and oxygen atoms in total. The van der Waals surface area contributed by atoms with Crippen LogP contribution in [0.2, 0.25) is 0 Å². The van der Waals surface area contributed by atoms with Crippen LogP contribution in [0.1, 0.15) is 12.7 Å². The van der Waals surface area contributed by atoms with Gasteiger partial charge >= 0.3 is 0 Å². The molecule has 0 fully saturated rings. The fourth-order valence-electron chi connectivity index (χ4n) is 1.23. The highest BCUT2D eigenvalue weighted by Gasteiger charge is 2.04. The van der Waals surface area contributed by atoms with Gasteiger partial charge in [0.1, 0.15) is 0 Å². The first-order chi connectivity index (χ1) is 6.35. The van der Waals surface area contributed by atoms with E-state index in [0.29, 0.717) is 5.88 Å². The smallest absolute Gasteiger partial charge is 0.216 e. The molecule has 0 atom stereocenters. The normalized spacial score (nSPS) is 10.6. The van der Waals surface area contributed by atoms with E-state index in [1.54, 1.807) is 11.6 Å². The molecule has 0 spiro atoms. The molecule has 0 amide bonds. The summed E-state index contributed by atoms with van der Waals surface area (Å²) in [5, 5.41) is 4.28. The number of fused-ring (bicyclic) bond motifs is 1. The summed E-state index contributed by atoms with van der Waals surface area (Å²) in [4.78, 5) is 4.31. The van der Waals surface area contributed by atoms with Crippen LogP contribution < -0.4 is 4.74 Å². The van der Waals surface area contributed by atoms with Crippen molar-refractivity contribution < 1.29 is 4.74 Å². The first-order valence-corrected chi connectivity index (χ1v) is 4.24. The van der Waals surface area contributed by atoms with Gasteiger partial charge in [-0.15, -0.1) is 5.10 Å². The molecule has 0 aromatic carbocycles. The molecule has 2 aromatic heterocycles. The van der Waals surface area contributed by atoms with Crippen molar-refractivity contribution in [1.82, 2.24) is 14.6 Å². The van der Waals surface area contributed by atoms with Gasteiger partial charge in [0.2, 0.25) is 5.88 Å². The van der Waals surface area contributed by atoms with E-state index < -0.39 is 0 Å². The maximum Gasteiger partial charge on any atom is 0.216 e. The molecule has 0 bridgehead atoms. The zero-order valence-electron chi connectivity index (χ0n) is 7.69. The Labute approximate surface area is 76.2 Å². The number of hydrogen-bond donors (Lipinski definition) is 0. The maximum absolute atomic E-state index is 5.15. The molecule has 0 radical (unpaired) electrons. The molecular formula is C9H11N3O. The molecule has 13 heavy (non-hydrogen) atoms. The molecule has 0 unspecified atom stereocenters. The van der Waals surface area contributed by atoms with Gasteiger partial charge in [0, 0.05) is 12.5 Å². The molecule has 2 rings (SSSR count). The highest BCUT2D eigenvalue weighted by Crippen LogP contribution is 2.12. The third-order valence-corrected chi connectivity index (χ3v) is 1.89. The Morgan fingerprint density at radius 3 is 3.00 bits per heavy atom. The van der Waals surface area contributed by atoms with Crippen molar-refractivity contribution in [2.45, 2.75) is 13.3 Å². The fraction of sp³-hybridized carbons (Fsp3) is 0.333. The van der Waals surface area contributed by atoms with Crippen LogP contribution in [-0.4, -0.2) is 21.7 Å². The summed E-state index contributed by atoms with van der Waals surface area (Å²) >= 11 is 0. The monoisotopic (exact) mass is 177 g/mol. The summed E-state index contributed by atoms with van der Waals surface area (Å²) < 4.78 is 6.85. The zero-order valence-corrected chi connectivity index (χ0v) is 7.69. The Hall–Kier alpha value is -1.58. The molecule has 68 valence electrons. The van der Waals surface area contributed by atoms with Gasteiger partial charge in [0.05, 0.1) is 7.11 Å². The summed E-state index contributed by atoms with van der Waals surface area (Å²) in [6, 6.07) is 5.68. The second kappa shape index (κ2) is 3.05. The van der Waals surface area contributed by atoms with E-state index in [1.807, 2.05) is 25.1 Å². The van der Waals surface area contributed by atoms with Gasteiger partial charge in [-0.25, -0.2) is 4.98 Å². The second-order valence-electron chi connectivity index (χ2n) is 2.72. The highest BCUT2D eigenvalue weighted by molar-refractivity contribution is 5.40. The van der Waals surface area contributed by atoms with Crippen LogP contribution in [0.15, 0.2) is 18.2 Å². The van der Waals surface area contributed by atoms with Crippen LogP contribution in [0, 0.1) is 0 Å². The van der Waals surface area contributed by atoms with E-state index in [9.17, 15) is 0 Å². The lowest BCUT2D eigenvalue weighted by Gasteiger charge is -1.99. The Morgan fingerprint density at radius 2 is 2.31 bits per heavy atom.